The maximum absolute atomic E-state index is 12.0. The first-order valence-corrected chi connectivity index (χ1v) is 7.75. The Morgan fingerprint density at radius 1 is 1.25 bits per heavy atom. The minimum absolute atomic E-state index is 0.168. The maximum Gasteiger partial charge on any atom is 0.220 e. The Kier molecular flexibility index (Phi) is 5.05. The highest BCUT2D eigenvalue weighted by molar-refractivity contribution is 5.76. The van der Waals surface area contributed by atoms with Crippen molar-refractivity contribution in [3.8, 4) is 0 Å². The summed E-state index contributed by atoms with van der Waals surface area (Å²) in [6.45, 7) is 3.09. The van der Waals surface area contributed by atoms with Crippen LogP contribution in [-0.2, 0) is 11.2 Å². The molecule has 1 saturated carbocycles. The van der Waals surface area contributed by atoms with E-state index in [0.29, 0.717) is 11.8 Å². The molecule has 0 saturated heterocycles. The molecule has 3 N–H and O–H groups in total. The summed E-state index contributed by atoms with van der Waals surface area (Å²) >= 11 is 0. The summed E-state index contributed by atoms with van der Waals surface area (Å²) in [6, 6.07) is 7.76. The van der Waals surface area contributed by atoms with Crippen LogP contribution in [0.15, 0.2) is 24.3 Å². The first kappa shape index (κ1) is 14.9. The van der Waals surface area contributed by atoms with Gasteiger partial charge in [0.1, 0.15) is 0 Å². The van der Waals surface area contributed by atoms with E-state index in [4.69, 9.17) is 5.73 Å². The second-order valence-corrected chi connectivity index (χ2v) is 6.08. The van der Waals surface area contributed by atoms with Crippen LogP contribution in [0, 0.1) is 5.41 Å². The molecule has 1 amide bonds. The molecular weight excluding hydrogens is 248 g/mol. The van der Waals surface area contributed by atoms with Crippen LogP contribution in [0.1, 0.15) is 51.0 Å². The molecule has 0 radical (unpaired) electrons. The van der Waals surface area contributed by atoms with Gasteiger partial charge in [-0.25, -0.2) is 0 Å². The predicted molar refractivity (Wildman–Crippen MR) is 83.4 cm³/mol. The summed E-state index contributed by atoms with van der Waals surface area (Å²) in [5, 5.41) is 3.13. The van der Waals surface area contributed by atoms with Crippen molar-refractivity contribution in [2.24, 2.45) is 5.41 Å². The first-order chi connectivity index (χ1) is 9.63. The van der Waals surface area contributed by atoms with Crippen molar-refractivity contribution in [2.45, 2.75) is 51.9 Å². The number of rotatable bonds is 6. The smallest absolute Gasteiger partial charge is 0.220 e. The molecule has 0 bridgehead atoms. The van der Waals surface area contributed by atoms with Crippen LogP contribution >= 0.6 is 0 Å². The zero-order chi connectivity index (χ0) is 14.4. The fourth-order valence-corrected chi connectivity index (χ4v) is 3.10. The molecule has 110 valence electrons. The Labute approximate surface area is 121 Å². The Hall–Kier alpha value is -1.51. The lowest BCUT2D eigenvalue weighted by Crippen LogP contribution is -2.35. The lowest BCUT2D eigenvalue weighted by Gasteiger charge is -2.27. The minimum Gasteiger partial charge on any atom is -0.399 e. The zero-order valence-corrected chi connectivity index (χ0v) is 12.5. The number of amides is 1. The SMILES string of the molecule is CCC1(CNC(=O)CCc2ccc(N)cc2)CCCC1. The number of nitrogens with two attached hydrogens (primary N) is 1. The van der Waals surface area contributed by atoms with Crippen molar-refractivity contribution in [1.82, 2.24) is 5.32 Å². The standard InChI is InChI=1S/C17H26N2O/c1-2-17(11-3-4-12-17)13-19-16(20)10-7-14-5-8-15(18)9-6-14/h5-6,8-9H,2-4,7,10-13,18H2,1H3,(H,19,20). The van der Waals surface area contributed by atoms with Gasteiger partial charge in [-0.3, -0.25) is 4.79 Å². The highest BCUT2D eigenvalue weighted by atomic mass is 16.1. The van der Waals surface area contributed by atoms with Crippen molar-refractivity contribution < 1.29 is 4.79 Å². The third-order valence-corrected chi connectivity index (χ3v) is 4.70. The average Bonchev–Trinajstić information content (AvgIpc) is 2.94. The van der Waals surface area contributed by atoms with Crippen molar-refractivity contribution in [1.29, 1.82) is 0 Å². The Bertz CT molecular complexity index is 433. The van der Waals surface area contributed by atoms with E-state index >= 15 is 0 Å². The van der Waals surface area contributed by atoms with E-state index in [0.717, 1.165) is 18.7 Å². The number of anilines is 1. The molecule has 0 atom stereocenters. The van der Waals surface area contributed by atoms with E-state index < -0.39 is 0 Å². The van der Waals surface area contributed by atoms with Gasteiger partial charge in [0.15, 0.2) is 0 Å². The van der Waals surface area contributed by atoms with Gasteiger partial charge in [0, 0.05) is 18.7 Å². The third kappa shape index (κ3) is 3.99. The lowest BCUT2D eigenvalue weighted by molar-refractivity contribution is -0.121. The molecule has 3 heteroatoms. The third-order valence-electron chi connectivity index (χ3n) is 4.70. The van der Waals surface area contributed by atoms with Gasteiger partial charge in [0.25, 0.3) is 0 Å². The molecular formula is C17H26N2O. The average molecular weight is 274 g/mol. The monoisotopic (exact) mass is 274 g/mol. The van der Waals surface area contributed by atoms with Crippen LogP contribution in [0.4, 0.5) is 5.69 Å². The quantitative estimate of drug-likeness (QED) is 0.782. The summed E-state index contributed by atoms with van der Waals surface area (Å²) in [5.74, 6) is 0.168. The second-order valence-electron chi connectivity index (χ2n) is 6.08. The molecule has 0 heterocycles. The van der Waals surface area contributed by atoms with Crippen LogP contribution in [0.3, 0.4) is 0 Å². The predicted octanol–water partition coefficient (Wildman–Crippen LogP) is 3.29. The van der Waals surface area contributed by atoms with Gasteiger partial charge < -0.3 is 11.1 Å². The molecule has 0 unspecified atom stereocenters. The van der Waals surface area contributed by atoms with Crippen molar-refractivity contribution in [2.75, 3.05) is 12.3 Å². The fourth-order valence-electron chi connectivity index (χ4n) is 3.10. The number of hydrogen-bond donors (Lipinski definition) is 2. The highest BCUT2D eigenvalue weighted by Crippen LogP contribution is 2.40. The van der Waals surface area contributed by atoms with E-state index in [1.807, 2.05) is 24.3 Å². The summed E-state index contributed by atoms with van der Waals surface area (Å²) in [6.07, 6.45) is 7.67. The van der Waals surface area contributed by atoms with Crippen molar-refractivity contribution >= 4 is 11.6 Å². The molecule has 3 nitrogen and oxygen atoms in total. The van der Waals surface area contributed by atoms with Crippen LogP contribution in [0.2, 0.25) is 0 Å². The normalized spacial score (nSPS) is 17.1. The molecule has 1 aromatic carbocycles. The van der Waals surface area contributed by atoms with Gasteiger partial charge >= 0.3 is 0 Å². The van der Waals surface area contributed by atoms with E-state index in [2.05, 4.69) is 12.2 Å². The number of nitrogens with one attached hydrogen (secondary N) is 1. The molecule has 1 fully saturated rings. The van der Waals surface area contributed by atoms with Gasteiger partial charge in [-0.1, -0.05) is 31.9 Å². The maximum atomic E-state index is 12.0. The van der Waals surface area contributed by atoms with E-state index in [-0.39, 0.29) is 5.91 Å². The minimum atomic E-state index is 0.168. The Morgan fingerprint density at radius 2 is 1.90 bits per heavy atom. The summed E-state index contributed by atoms with van der Waals surface area (Å²) in [4.78, 5) is 12.0. The number of aryl methyl sites for hydroxylation is 1. The van der Waals surface area contributed by atoms with Crippen molar-refractivity contribution in [3.05, 3.63) is 29.8 Å². The fraction of sp³-hybridized carbons (Fsp3) is 0.588. The number of carbonyl (C=O) groups excluding carboxylic acids is 1. The number of nitrogen functional groups attached to an aromatic ring is 1. The Balaban J connectivity index is 1.74. The largest absolute Gasteiger partial charge is 0.399 e. The molecule has 0 aromatic heterocycles. The van der Waals surface area contributed by atoms with E-state index in [1.54, 1.807) is 0 Å². The second kappa shape index (κ2) is 6.78. The molecule has 2 rings (SSSR count). The molecule has 1 aliphatic carbocycles. The zero-order valence-electron chi connectivity index (χ0n) is 12.5. The van der Waals surface area contributed by atoms with Crippen LogP contribution < -0.4 is 11.1 Å². The topological polar surface area (TPSA) is 55.1 Å². The highest BCUT2D eigenvalue weighted by Gasteiger charge is 2.31. The van der Waals surface area contributed by atoms with Crippen molar-refractivity contribution in [3.63, 3.8) is 0 Å². The molecule has 0 aliphatic heterocycles. The van der Waals surface area contributed by atoms with Gasteiger partial charge in [0.2, 0.25) is 5.91 Å². The summed E-state index contributed by atoms with van der Waals surface area (Å²) < 4.78 is 0. The van der Waals surface area contributed by atoms with Gasteiger partial charge in [0.05, 0.1) is 0 Å². The summed E-state index contributed by atoms with van der Waals surface area (Å²) in [5.41, 5.74) is 7.96. The number of benzene rings is 1. The molecule has 20 heavy (non-hydrogen) atoms. The van der Waals surface area contributed by atoms with Gasteiger partial charge in [-0.2, -0.15) is 0 Å². The van der Waals surface area contributed by atoms with Gasteiger partial charge in [-0.15, -0.1) is 0 Å². The lowest BCUT2D eigenvalue weighted by atomic mass is 9.83. The number of carbonyl (C=O) groups is 1. The molecule has 0 spiro atoms. The molecule has 1 aromatic rings. The molecule has 1 aliphatic rings. The van der Waals surface area contributed by atoms with E-state index in [9.17, 15) is 4.79 Å². The van der Waals surface area contributed by atoms with Crippen LogP contribution in [-0.4, -0.2) is 12.5 Å². The van der Waals surface area contributed by atoms with E-state index in [1.165, 1.54) is 37.7 Å². The summed E-state index contributed by atoms with van der Waals surface area (Å²) in [7, 11) is 0. The van der Waals surface area contributed by atoms with Gasteiger partial charge in [-0.05, 0) is 48.8 Å². The number of hydrogen-bond acceptors (Lipinski definition) is 2. The van der Waals surface area contributed by atoms with Crippen LogP contribution in [0.25, 0.3) is 0 Å². The Morgan fingerprint density at radius 3 is 2.50 bits per heavy atom. The first-order valence-electron chi connectivity index (χ1n) is 7.75. The van der Waals surface area contributed by atoms with Crippen LogP contribution in [0.5, 0.6) is 0 Å².